The van der Waals surface area contributed by atoms with Gasteiger partial charge in [-0.2, -0.15) is 0 Å². The Morgan fingerprint density at radius 2 is 1.94 bits per heavy atom. The summed E-state index contributed by atoms with van der Waals surface area (Å²) in [5.41, 5.74) is 0.531. The number of hydrogen-bond acceptors (Lipinski definition) is 2. The van der Waals surface area contributed by atoms with Crippen molar-refractivity contribution in [2.24, 2.45) is 5.92 Å². The van der Waals surface area contributed by atoms with E-state index in [0.29, 0.717) is 24.8 Å². The van der Waals surface area contributed by atoms with Gasteiger partial charge in [0, 0.05) is 6.54 Å². The molecule has 1 atom stereocenters. The van der Waals surface area contributed by atoms with E-state index in [0.717, 1.165) is 0 Å². The van der Waals surface area contributed by atoms with E-state index in [1.807, 2.05) is 13.0 Å². The molecule has 0 saturated carbocycles. The second kappa shape index (κ2) is 6.48. The number of para-hydroxylation sites is 1. The van der Waals surface area contributed by atoms with Crippen LogP contribution in [0.2, 0.25) is 0 Å². The number of ether oxygens (including phenoxy) is 1. The minimum absolute atomic E-state index is 0.223. The fourth-order valence-corrected chi connectivity index (χ4v) is 1.23. The Hall–Kier alpha value is -1.09. The van der Waals surface area contributed by atoms with E-state index in [1.54, 1.807) is 12.1 Å². The predicted octanol–water partition coefficient (Wildman–Crippen LogP) is 3.30. The Morgan fingerprint density at radius 3 is 2.56 bits per heavy atom. The molecule has 0 fully saturated rings. The number of rotatable bonds is 6. The molecule has 16 heavy (non-hydrogen) atoms. The fourth-order valence-electron chi connectivity index (χ4n) is 1.23. The van der Waals surface area contributed by atoms with Gasteiger partial charge in [0.15, 0.2) is 0 Å². The van der Waals surface area contributed by atoms with Crippen molar-refractivity contribution in [2.75, 3.05) is 18.5 Å². The zero-order valence-electron chi connectivity index (χ0n) is 10.2. The Kier molecular flexibility index (Phi) is 5.26. The standard InChI is InChI=1S/C13H20FNO/c1-10(2)11(3)16-9-8-15-13-7-5-4-6-12(13)14/h4-7,10-11,15H,8-9H2,1-3H3. The molecule has 0 aliphatic rings. The smallest absolute Gasteiger partial charge is 0.146 e. The normalized spacial score (nSPS) is 12.8. The molecule has 1 aromatic carbocycles. The zero-order chi connectivity index (χ0) is 12.0. The van der Waals surface area contributed by atoms with Crippen LogP contribution < -0.4 is 5.32 Å². The van der Waals surface area contributed by atoms with Crippen LogP contribution in [0, 0.1) is 11.7 Å². The summed E-state index contributed by atoms with van der Waals surface area (Å²) in [5.74, 6) is 0.285. The summed E-state index contributed by atoms with van der Waals surface area (Å²) >= 11 is 0. The maximum Gasteiger partial charge on any atom is 0.146 e. The highest BCUT2D eigenvalue weighted by atomic mass is 19.1. The lowest BCUT2D eigenvalue weighted by Crippen LogP contribution is -2.20. The van der Waals surface area contributed by atoms with E-state index < -0.39 is 0 Å². The zero-order valence-corrected chi connectivity index (χ0v) is 10.2. The molecule has 90 valence electrons. The van der Waals surface area contributed by atoms with Crippen LogP contribution >= 0.6 is 0 Å². The first kappa shape index (κ1) is 13.0. The Bertz CT molecular complexity index is 315. The van der Waals surface area contributed by atoms with E-state index in [2.05, 4.69) is 19.2 Å². The number of anilines is 1. The Labute approximate surface area is 96.8 Å². The van der Waals surface area contributed by atoms with Gasteiger partial charge in [0.1, 0.15) is 5.82 Å². The van der Waals surface area contributed by atoms with Crippen LogP contribution in [0.15, 0.2) is 24.3 Å². The van der Waals surface area contributed by atoms with Crippen LogP contribution in [0.3, 0.4) is 0 Å². The first-order chi connectivity index (χ1) is 7.61. The van der Waals surface area contributed by atoms with Crippen LogP contribution in [-0.4, -0.2) is 19.3 Å². The van der Waals surface area contributed by atoms with Gasteiger partial charge in [-0.1, -0.05) is 26.0 Å². The molecule has 1 rings (SSSR count). The van der Waals surface area contributed by atoms with Crippen LogP contribution in [0.4, 0.5) is 10.1 Å². The number of hydrogen-bond donors (Lipinski definition) is 1. The molecule has 1 unspecified atom stereocenters. The van der Waals surface area contributed by atoms with Crippen molar-refractivity contribution < 1.29 is 9.13 Å². The molecule has 3 heteroatoms. The van der Waals surface area contributed by atoms with Gasteiger partial charge in [0.25, 0.3) is 0 Å². The van der Waals surface area contributed by atoms with Crippen LogP contribution in [0.1, 0.15) is 20.8 Å². The van der Waals surface area contributed by atoms with Crippen molar-refractivity contribution in [3.05, 3.63) is 30.1 Å². The molecule has 0 bridgehead atoms. The number of nitrogens with one attached hydrogen (secondary N) is 1. The van der Waals surface area contributed by atoms with Gasteiger partial charge >= 0.3 is 0 Å². The monoisotopic (exact) mass is 225 g/mol. The second-order valence-corrected chi connectivity index (χ2v) is 4.23. The first-order valence-electron chi connectivity index (χ1n) is 5.71. The van der Waals surface area contributed by atoms with Crippen molar-refractivity contribution in [1.29, 1.82) is 0 Å². The number of halogens is 1. The molecule has 0 spiro atoms. The Morgan fingerprint density at radius 1 is 1.25 bits per heavy atom. The summed E-state index contributed by atoms with van der Waals surface area (Å²) in [6.45, 7) is 7.50. The van der Waals surface area contributed by atoms with Gasteiger partial charge in [0.2, 0.25) is 0 Å². The highest BCUT2D eigenvalue weighted by Gasteiger charge is 2.06. The molecule has 0 aliphatic carbocycles. The molecule has 1 N–H and O–H groups in total. The van der Waals surface area contributed by atoms with Crippen molar-refractivity contribution in [3.8, 4) is 0 Å². The largest absolute Gasteiger partial charge is 0.380 e. The average Bonchev–Trinajstić information content (AvgIpc) is 2.26. The van der Waals surface area contributed by atoms with E-state index in [-0.39, 0.29) is 11.9 Å². The van der Waals surface area contributed by atoms with Gasteiger partial charge in [-0.15, -0.1) is 0 Å². The minimum Gasteiger partial charge on any atom is -0.380 e. The molecular weight excluding hydrogens is 205 g/mol. The SMILES string of the molecule is CC(C)C(C)OCCNc1ccccc1F. The third-order valence-corrected chi connectivity index (χ3v) is 2.61. The quantitative estimate of drug-likeness (QED) is 0.750. The maximum absolute atomic E-state index is 13.2. The summed E-state index contributed by atoms with van der Waals surface area (Å²) < 4.78 is 18.8. The highest BCUT2D eigenvalue weighted by molar-refractivity contribution is 5.44. The third kappa shape index (κ3) is 4.19. The lowest BCUT2D eigenvalue weighted by molar-refractivity contribution is 0.0421. The van der Waals surface area contributed by atoms with Gasteiger partial charge in [-0.25, -0.2) is 4.39 Å². The average molecular weight is 225 g/mol. The Balaban J connectivity index is 2.24. The first-order valence-corrected chi connectivity index (χ1v) is 5.71. The van der Waals surface area contributed by atoms with Crippen molar-refractivity contribution in [2.45, 2.75) is 26.9 Å². The molecular formula is C13H20FNO. The molecule has 0 saturated heterocycles. The van der Waals surface area contributed by atoms with E-state index >= 15 is 0 Å². The minimum atomic E-state index is -0.223. The van der Waals surface area contributed by atoms with E-state index in [9.17, 15) is 4.39 Å². The lowest BCUT2D eigenvalue weighted by atomic mass is 10.1. The van der Waals surface area contributed by atoms with Crippen molar-refractivity contribution in [1.82, 2.24) is 0 Å². The second-order valence-electron chi connectivity index (χ2n) is 4.23. The predicted molar refractivity (Wildman–Crippen MR) is 65.1 cm³/mol. The molecule has 0 aliphatic heterocycles. The molecule has 0 aromatic heterocycles. The summed E-state index contributed by atoms with van der Waals surface area (Å²) in [6.07, 6.45) is 0.238. The van der Waals surface area contributed by atoms with Crippen LogP contribution in [0.25, 0.3) is 0 Å². The highest BCUT2D eigenvalue weighted by Crippen LogP contribution is 2.11. The molecule has 0 amide bonds. The summed E-state index contributed by atoms with van der Waals surface area (Å²) in [5, 5.41) is 3.01. The summed E-state index contributed by atoms with van der Waals surface area (Å²) in [6, 6.07) is 6.65. The van der Waals surface area contributed by atoms with E-state index in [4.69, 9.17) is 4.74 Å². The van der Waals surface area contributed by atoms with E-state index in [1.165, 1.54) is 6.07 Å². The maximum atomic E-state index is 13.2. The topological polar surface area (TPSA) is 21.3 Å². The molecule has 0 heterocycles. The third-order valence-electron chi connectivity index (χ3n) is 2.61. The number of benzene rings is 1. The summed E-state index contributed by atoms with van der Waals surface area (Å²) in [4.78, 5) is 0. The van der Waals surface area contributed by atoms with Gasteiger partial charge in [-0.3, -0.25) is 0 Å². The lowest BCUT2D eigenvalue weighted by Gasteiger charge is -2.17. The van der Waals surface area contributed by atoms with Crippen molar-refractivity contribution >= 4 is 5.69 Å². The van der Waals surface area contributed by atoms with Gasteiger partial charge in [0.05, 0.1) is 18.4 Å². The fraction of sp³-hybridized carbons (Fsp3) is 0.538. The van der Waals surface area contributed by atoms with Gasteiger partial charge < -0.3 is 10.1 Å². The molecule has 1 aromatic rings. The molecule has 2 nitrogen and oxygen atoms in total. The van der Waals surface area contributed by atoms with Gasteiger partial charge in [-0.05, 0) is 25.0 Å². The van der Waals surface area contributed by atoms with Crippen molar-refractivity contribution in [3.63, 3.8) is 0 Å². The van der Waals surface area contributed by atoms with Crippen LogP contribution in [-0.2, 0) is 4.74 Å². The van der Waals surface area contributed by atoms with Crippen LogP contribution in [0.5, 0.6) is 0 Å². The summed E-state index contributed by atoms with van der Waals surface area (Å²) in [7, 11) is 0. The molecule has 0 radical (unpaired) electrons.